The number of nitrogens with zero attached hydrogens (tertiary/aromatic N) is 3. The average molecular weight is 344 g/mol. The molecule has 1 aliphatic rings. The van der Waals surface area contributed by atoms with Crippen LogP contribution in [0.15, 0.2) is 24.3 Å². The number of hydrogen-bond acceptors (Lipinski definition) is 4. The summed E-state index contributed by atoms with van der Waals surface area (Å²) in [4.78, 5) is 16.6. The first kappa shape index (κ1) is 19.1. The summed E-state index contributed by atoms with van der Waals surface area (Å²) >= 11 is 0. The van der Waals surface area contributed by atoms with Crippen LogP contribution in [-0.2, 0) is 0 Å². The van der Waals surface area contributed by atoms with Crippen molar-refractivity contribution in [2.24, 2.45) is 5.92 Å². The van der Waals surface area contributed by atoms with Gasteiger partial charge in [0.2, 0.25) is 0 Å². The largest absolute Gasteiger partial charge is 0.492 e. The quantitative estimate of drug-likeness (QED) is 0.804. The van der Waals surface area contributed by atoms with Gasteiger partial charge in [0.25, 0.3) is 0 Å². The highest BCUT2D eigenvalue weighted by Crippen LogP contribution is 2.21. The monoisotopic (exact) mass is 344 g/mol. The Hall–Kier alpha value is -2.26. The fourth-order valence-electron chi connectivity index (χ4n) is 3.31. The molecule has 1 aromatic carbocycles. The first-order chi connectivity index (χ1) is 12.0. The molecule has 1 fully saturated rings. The van der Waals surface area contributed by atoms with E-state index in [9.17, 15) is 4.79 Å². The first-order valence-corrected chi connectivity index (χ1v) is 8.91. The van der Waals surface area contributed by atoms with Gasteiger partial charge in [-0.3, -0.25) is 0 Å². The molecule has 0 aromatic heterocycles. The molecule has 0 bridgehead atoms. The third-order valence-electron chi connectivity index (χ3n) is 4.84. The maximum absolute atomic E-state index is 12.3. The molecule has 1 saturated heterocycles. The van der Waals surface area contributed by atoms with Crippen LogP contribution < -0.4 is 10.1 Å². The number of ether oxygens (including phenoxy) is 1. The van der Waals surface area contributed by atoms with Gasteiger partial charge < -0.3 is 19.9 Å². The van der Waals surface area contributed by atoms with Crippen molar-refractivity contribution in [2.75, 3.05) is 39.8 Å². The molecule has 0 unspecified atom stereocenters. The van der Waals surface area contributed by atoms with Gasteiger partial charge in [0.05, 0.1) is 18.2 Å². The second-order valence-electron chi connectivity index (χ2n) is 6.55. The highest BCUT2D eigenvalue weighted by Gasteiger charge is 2.30. The lowest BCUT2D eigenvalue weighted by Crippen LogP contribution is -2.53. The molecular weight excluding hydrogens is 316 g/mol. The molecule has 25 heavy (non-hydrogen) atoms. The zero-order valence-corrected chi connectivity index (χ0v) is 15.4. The molecule has 1 aromatic rings. The molecule has 2 rings (SSSR count). The predicted molar refractivity (Wildman–Crippen MR) is 97.5 cm³/mol. The van der Waals surface area contributed by atoms with Gasteiger partial charge in [-0.05, 0) is 43.1 Å². The Labute approximate surface area is 150 Å². The number of benzene rings is 1. The maximum Gasteiger partial charge on any atom is 0.317 e. The highest BCUT2D eigenvalue weighted by atomic mass is 16.5. The number of nitrogens with one attached hydrogen (secondary N) is 1. The Balaban J connectivity index is 1.71. The molecule has 2 amide bonds. The molecule has 0 saturated carbocycles. The molecule has 1 aliphatic heterocycles. The van der Waals surface area contributed by atoms with Gasteiger partial charge in [0.15, 0.2) is 0 Å². The second-order valence-corrected chi connectivity index (χ2v) is 6.55. The van der Waals surface area contributed by atoms with Crippen molar-refractivity contribution in [1.82, 2.24) is 15.1 Å². The number of piperidine rings is 1. The number of carbonyl (C=O) groups excluding carboxylic acids is 1. The number of urea groups is 1. The summed E-state index contributed by atoms with van der Waals surface area (Å²) < 4.78 is 5.58. The summed E-state index contributed by atoms with van der Waals surface area (Å²) in [6, 6.07) is 9.25. The molecule has 6 heteroatoms. The highest BCUT2D eigenvalue weighted by molar-refractivity contribution is 5.74. The third-order valence-corrected chi connectivity index (χ3v) is 4.84. The van der Waals surface area contributed by atoms with Crippen molar-refractivity contribution in [3.05, 3.63) is 29.8 Å². The lowest BCUT2D eigenvalue weighted by molar-refractivity contribution is 0.0960. The lowest BCUT2D eigenvalue weighted by atomic mass is 9.93. The van der Waals surface area contributed by atoms with Gasteiger partial charge in [-0.1, -0.05) is 13.8 Å². The Morgan fingerprint density at radius 1 is 1.44 bits per heavy atom. The fourth-order valence-corrected chi connectivity index (χ4v) is 3.31. The van der Waals surface area contributed by atoms with E-state index >= 15 is 0 Å². The number of carbonyl (C=O) groups is 1. The minimum Gasteiger partial charge on any atom is -0.492 e. The normalized spacial score (nSPS) is 20.6. The van der Waals surface area contributed by atoms with Crippen molar-refractivity contribution in [3.63, 3.8) is 0 Å². The summed E-state index contributed by atoms with van der Waals surface area (Å²) in [7, 11) is 1.87. The zero-order chi connectivity index (χ0) is 18.2. The Morgan fingerprint density at radius 3 is 2.76 bits per heavy atom. The molecule has 1 heterocycles. The summed E-state index contributed by atoms with van der Waals surface area (Å²) in [5, 5.41) is 11.7. The van der Waals surface area contributed by atoms with E-state index in [1.54, 1.807) is 24.3 Å². The number of likely N-dealkylation sites (tertiary alicyclic amines) is 1. The van der Waals surface area contributed by atoms with Crippen molar-refractivity contribution < 1.29 is 9.53 Å². The van der Waals surface area contributed by atoms with Gasteiger partial charge in [-0.15, -0.1) is 0 Å². The number of hydrogen-bond donors (Lipinski definition) is 1. The summed E-state index contributed by atoms with van der Waals surface area (Å²) in [6.07, 6.45) is 1.01. The summed E-state index contributed by atoms with van der Waals surface area (Å²) in [5.74, 6) is 1.17. The summed E-state index contributed by atoms with van der Waals surface area (Å²) in [5.41, 5.74) is 0.602. The SMILES string of the molecule is CCN1CC[C@@H](N(C)C(=O)NCCOc2ccc(C#N)cc2)[C@@H](C)C1. The molecule has 0 spiro atoms. The number of amides is 2. The van der Waals surface area contributed by atoms with Crippen molar-refractivity contribution >= 4 is 6.03 Å². The van der Waals surface area contributed by atoms with Crippen LogP contribution in [0.4, 0.5) is 4.79 Å². The zero-order valence-electron chi connectivity index (χ0n) is 15.4. The van der Waals surface area contributed by atoms with Crippen LogP contribution in [0.25, 0.3) is 0 Å². The molecule has 1 N–H and O–H groups in total. The molecule has 0 radical (unpaired) electrons. The Kier molecular flexibility index (Phi) is 7.08. The van der Waals surface area contributed by atoms with Crippen LogP contribution >= 0.6 is 0 Å². The predicted octanol–water partition coefficient (Wildman–Crippen LogP) is 2.31. The standard InChI is InChI=1S/C19H28N4O2/c1-4-23-11-9-18(15(2)14-23)22(3)19(24)21-10-12-25-17-7-5-16(13-20)6-8-17/h5-8,15,18H,4,9-12,14H2,1-3H3,(H,21,24)/t15-,18+/m0/s1. The average Bonchev–Trinajstić information content (AvgIpc) is 2.64. The summed E-state index contributed by atoms with van der Waals surface area (Å²) in [6.45, 7) is 8.40. The molecule has 2 atom stereocenters. The van der Waals surface area contributed by atoms with E-state index in [-0.39, 0.29) is 12.1 Å². The van der Waals surface area contributed by atoms with Gasteiger partial charge >= 0.3 is 6.03 Å². The van der Waals surface area contributed by atoms with Crippen molar-refractivity contribution in [3.8, 4) is 11.8 Å². The number of nitriles is 1. The molecule has 0 aliphatic carbocycles. The Bertz CT molecular complexity index is 596. The van der Waals surface area contributed by atoms with Crippen molar-refractivity contribution in [1.29, 1.82) is 5.26 Å². The minimum atomic E-state index is -0.0507. The first-order valence-electron chi connectivity index (χ1n) is 8.91. The van der Waals surface area contributed by atoms with Crippen LogP contribution in [0.1, 0.15) is 25.8 Å². The number of rotatable bonds is 6. The third kappa shape index (κ3) is 5.36. The molecule has 6 nitrogen and oxygen atoms in total. The Morgan fingerprint density at radius 2 is 2.16 bits per heavy atom. The van der Waals surface area contributed by atoms with Crippen LogP contribution in [0.2, 0.25) is 0 Å². The lowest BCUT2D eigenvalue weighted by Gasteiger charge is -2.40. The molecule has 136 valence electrons. The van der Waals surface area contributed by atoms with Gasteiger partial charge in [0.1, 0.15) is 12.4 Å². The minimum absolute atomic E-state index is 0.0507. The van der Waals surface area contributed by atoms with E-state index in [1.165, 1.54) is 0 Å². The van der Waals surface area contributed by atoms with Gasteiger partial charge in [0, 0.05) is 26.2 Å². The van der Waals surface area contributed by atoms with Gasteiger partial charge in [-0.25, -0.2) is 4.79 Å². The van der Waals surface area contributed by atoms with E-state index in [0.29, 0.717) is 30.4 Å². The fraction of sp³-hybridized carbons (Fsp3) is 0.579. The van der Waals surface area contributed by atoms with E-state index in [2.05, 4.69) is 30.1 Å². The maximum atomic E-state index is 12.3. The second kappa shape index (κ2) is 9.28. The molecular formula is C19H28N4O2. The van der Waals surface area contributed by atoms with E-state index in [0.717, 1.165) is 26.1 Å². The van der Waals surface area contributed by atoms with E-state index < -0.39 is 0 Å². The van der Waals surface area contributed by atoms with Crippen molar-refractivity contribution in [2.45, 2.75) is 26.3 Å². The van der Waals surface area contributed by atoms with E-state index in [4.69, 9.17) is 10.00 Å². The smallest absolute Gasteiger partial charge is 0.317 e. The van der Waals surface area contributed by atoms with Crippen LogP contribution in [0, 0.1) is 17.2 Å². The van der Waals surface area contributed by atoms with Crippen LogP contribution in [0.5, 0.6) is 5.75 Å². The van der Waals surface area contributed by atoms with Crippen LogP contribution in [-0.4, -0.2) is 61.7 Å². The van der Waals surface area contributed by atoms with E-state index in [1.807, 2.05) is 11.9 Å². The topological polar surface area (TPSA) is 68.6 Å². The van der Waals surface area contributed by atoms with Crippen LogP contribution in [0.3, 0.4) is 0 Å². The van der Waals surface area contributed by atoms with Gasteiger partial charge in [-0.2, -0.15) is 5.26 Å².